The molecule has 30 heavy (non-hydrogen) atoms. The van der Waals surface area contributed by atoms with Crippen molar-refractivity contribution in [3.63, 3.8) is 0 Å². The van der Waals surface area contributed by atoms with Crippen LogP contribution in [0.4, 0.5) is 10.8 Å². The minimum absolute atomic E-state index is 0.0158. The maximum atomic E-state index is 11.6. The number of carbonyl (C=O) groups is 1. The minimum atomic E-state index is -0.0158. The lowest BCUT2D eigenvalue weighted by Gasteiger charge is -2.18. The van der Waals surface area contributed by atoms with E-state index in [1.54, 1.807) is 28.9 Å². The van der Waals surface area contributed by atoms with Crippen molar-refractivity contribution in [2.45, 2.75) is 18.9 Å². The van der Waals surface area contributed by atoms with Crippen LogP contribution in [0.15, 0.2) is 69.0 Å². The number of carbonyl (C=O) groups excluding carboxylic acids is 1. The fourth-order valence-electron chi connectivity index (χ4n) is 3.87. The Morgan fingerprint density at radius 3 is 2.97 bits per heavy atom. The molecule has 1 N–H and O–H groups in total. The summed E-state index contributed by atoms with van der Waals surface area (Å²) in [6.45, 7) is 0. The van der Waals surface area contributed by atoms with E-state index in [0.717, 1.165) is 45.5 Å². The summed E-state index contributed by atoms with van der Waals surface area (Å²) in [6, 6.07) is 14.0. The molecule has 0 aliphatic carbocycles. The zero-order chi connectivity index (χ0) is 20.1. The highest BCUT2D eigenvalue weighted by Gasteiger charge is 2.34. The van der Waals surface area contributed by atoms with Crippen molar-refractivity contribution in [3.05, 3.63) is 75.7 Å². The SMILES string of the molecule is O=C1Cc2cc(-c3csc(N4N=C(c5cccs5)C[C@H]4c4ccco4)n3)ccc2N1. The fraction of sp³-hybridized carbons (Fsp3) is 0.136. The van der Waals surface area contributed by atoms with Crippen molar-refractivity contribution in [2.24, 2.45) is 5.10 Å². The zero-order valence-corrected chi connectivity index (χ0v) is 17.4. The van der Waals surface area contributed by atoms with Crippen molar-refractivity contribution in [3.8, 4) is 11.3 Å². The van der Waals surface area contributed by atoms with Crippen molar-refractivity contribution < 1.29 is 9.21 Å². The summed E-state index contributed by atoms with van der Waals surface area (Å²) < 4.78 is 5.71. The molecule has 0 saturated heterocycles. The van der Waals surface area contributed by atoms with Gasteiger partial charge in [-0.2, -0.15) is 5.10 Å². The molecule has 0 fully saturated rings. The summed E-state index contributed by atoms with van der Waals surface area (Å²) in [5.74, 6) is 0.916. The van der Waals surface area contributed by atoms with Gasteiger partial charge in [0.2, 0.25) is 11.0 Å². The molecule has 0 bridgehead atoms. The van der Waals surface area contributed by atoms with Crippen LogP contribution in [-0.2, 0) is 11.2 Å². The standard InChI is InChI=1S/C22H16N4O2S2/c27-21-10-14-9-13(5-6-15(14)23-21)17-12-30-22(24-17)26-18(19-3-1-7-28-19)11-16(25-26)20-4-2-8-29-20/h1-9,12,18H,10-11H2,(H,23,27)/t18-/m0/s1. The third-order valence-corrected chi connectivity index (χ3v) is 7.05. The Morgan fingerprint density at radius 1 is 1.17 bits per heavy atom. The Balaban J connectivity index is 1.36. The van der Waals surface area contributed by atoms with E-state index < -0.39 is 0 Å². The van der Waals surface area contributed by atoms with E-state index in [9.17, 15) is 4.79 Å². The predicted molar refractivity (Wildman–Crippen MR) is 119 cm³/mol. The van der Waals surface area contributed by atoms with Gasteiger partial charge < -0.3 is 9.73 Å². The number of amides is 1. The van der Waals surface area contributed by atoms with Crippen molar-refractivity contribution >= 4 is 45.1 Å². The smallest absolute Gasteiger partial charge is 0.228 e. The first-order chi connectivity index (χ1) is 14.7. The molecule has 3 aromatic heterocycles. The van der Waals surface area contributed by atoms with Crippen LogP contribution in [0.25, 0.3) is 11.3 Å². The molecule has 8 heteroatoms. The Kier molecular flexibility index (Phi) is 4.07. The quantitative estimate of drug-likeness (QED) is 0.474. The van der Waals surface area contributed by atoms with Crippen LogP contribution in [-0.4, -0.2) is 16.6 Å². The molecule has 6 rings (SSSR count). The number of nitrogens with one attached hydrogen (secondary N) is 1. The highest BCUT2D eigenvalue weighted by atomic mass is 32.1. The van der Waals surface area contributed by atoms with Crippen LogP contribution < -0.4 is 10.3 Å². The van der Waals surface area contributed by atoms with Crippen LogP contribution in [0, 0.1) is 0 Å². The largest absolute Gasteiger partial charge is 0.467 e. The third-order valence-electron chi connectivity index (χ3n) is 5.30. The van der Waals surface area contributed by atoms with Gasteiger partial charge in [-0.05, 0) is 41.3 Å². The number of thiophene rings is 1. The van der Waals surface area contributed by atoms with Gasteiger partial charge in [0.05, 0.1) is 29.0 Å². The highest BCUT2D eigenvalue weighted by Crippen LogP contribution is 2.40. The van der Waals surface area contributed by atoms with Crippen LogP contribution in [0.3, 0.4) is 0 Å². The van der Waals surface area contributed by atoms with Gasteiger partial charge >= 0.3 is 0 Å². The van der Waals surface area contributed by atoms with Gasteiger partial charge in [0.25, 0.3) is 0 Å². The number of rotatable bonds is 4. The average molecular weight is 433 g/mol. The molecule has 4 aromatic rings. The summed E-state index contributed by atoms with van der Waals surface area (Å²) in [5.41, 5.74) is 4.84. The van der Waals surface area contributed by atoms with E-state index >= 15 is 0 Å². The van der Waals surface area contributed by atoms with Gasteiger partial charge in [0.1, 0.15) is 11.8 Å². The summed E-state index contributed by atoms with van der Waals surface area (Å²) in [7, 11) is 0. The molecule has 2 aliphatic heterocycles. The number of nitrogens with zero attached hydrogens (tertiary/aromatic N) is 3. The normalized spacial score (nSPS) is 17.9. The molecule has 1 atom stereocenters. The average Bonchev–Trinajstić information content (AvgIpc) is 3.57. The molecule has 148 valence electrons. The monoisotopic (exact) mass is 432 g/mol. The molecular formula is C22H16N4O2S2. The summed E-state index contributed by atoms with van der Waals surface area (Å²) in [5, 5.41) is 14.7. The van der Waals surface area contributed by atoms with Gasteiger partial charge in [0, 0.05) is 23.1 Å². The van der Waals surface area contributed by atoms with Crippen LogP contribution in [0.1, 0.15) is 28.7 Å². The summed E-state index contributed by atoms with van der Waals surface area (Å²) in [4.78, 5) is 17.7. The predicted octanol–water partition coefficient (Wildman–Crippen LogP) is 5.31. The van der Waals surface area contributed by atoms with Gasteiger partial charge in [-0.1, -0.05) is 12.1 Å². The molecule has 0 unspecified atom stereocenters. The molecule has 6 nitrogen and oxygen atoms in total. The topological polar surface area (TPSA) is 70.7 Å². The van der Waals surface area contributed by atoms with E-state index in [1.165, 1.54) is 4.88 Å². The van der Waals surface area contributed by atoms with Gasteiger partial charge in [0.15, 0.2) is 0 Å². The van der Waals surface area contributed by atoms with E-state index in [1.807, 2.05) is 46.8 Å². The Hall–Kier alpha value is -3.23. The highest BCUT2D eigenvalue weighted by molar-refractivity contribution is 7.14. The Morgan fingerprint density at radius 2 is 2.13 bits per heavy atom. The van der Waals surface area contributed by atoms with Crippen LogP contribution in [0.5, 0.6) is 0 Å². The number of hydrogen-bond donors (Lipinski definition) is 1. The van der Waals surface area contributed by atoms with Gasteiger partial charge in [-0.25, -0.2) is 9.99 Å². The lowest BCUT2D eigenvalue weighted by atomic mass is 10.1. The number of aromatic nitrogens is 1. The van der Waals surface area contributed by atoms with Crippen molar-refractivity contribution in [1.29, 1.82) is 0 Å². The second kappa shape index (κ2) is 6.93. The Labute approximate surface area is 180 Å². The van der Waals surface area contributed by atoms with E-state index in [-0.39, 0.29) is 11.9 Å². The number of fused-ring (bicyclic) bond motifs is 1. The number of anilines is 2. The van der Waals surface area contributed by atoms with Crippen LogP contribution in [0.2, 0.25) is 0 Å². The number of hydrogen-bond acceptors (Lipinski definition) is 7. The lowest BCUT2D eigenvalue weighted by molar-refractivity contribution is -0.115. The van der Waals surface area contributed by atoms with Gasteiger partial charge in [-0.3, -0.25) is 4.79 Å². The molecule has 1 amide bonds. The first-order valence-electron chi connectivity index (χ1n) is 9.57. The van der Waals surface area contributed by atoms with Crippen molar-refractivity contribution in [1.82, 2.24) is 4.98 Å². The molecule has 0 radical (unpaired) electrons. The number of thiazole rings is 1. The van der Waals surface area contributed by atoms with E-state index in [2.05, 4.69) is 16.8 Å². The third kappa shape index (κ3) is 2.96. The van der Waals surface area contributed by atoms with Crippen LogP contribution >= 0.6 is 22.7 Å². The fourth-order valence-corrected chi connectivity index (χ4v) is 5.43. The zero-order valence-electron chi connectivity index (χ0n) is 15.7. The second-order valence-corrected chi connectivity index (χ2v) is 9.00. The second-order valence-electron chi connectivity index (χ2n) is 7.22. The molecule has 2 aliphatic rings. The maximum absolute atomic E-state index is 11.6. The number of furan rings is 1. The van der Waals surface area contributed by atoms with E-state index in [4.69, 9.17) is 14.5 Å². The molecule has 1 aromatic carbocycles. The summed E-state index contributed by atoms with van der Waals surface area (Å²) >= 11 is 3.25. The maximum Gasteiger partial charge on any atom is 0.228 e. The number of benzene rings is 1. The molecule has 0 saturated carbocycles. The Bertz CT molecular complexity index is 1260. The van der Waals surface area contributed by atoms with Crippen molar-refractivity contribution in [2.75, 3.05) is 10.3 Å². The molecular weight excluding hydrogens is 416 g/mol. The molecule has 5 heterocycles. The first kappa shape index (κ1) is 17.6. The number of hydrazone groups is 1. The summed E-state index contributed by atoms with van der Waals surface area (Å²) in [6.07, 6.45) is 2.89. The first-order valence-corrected chi connectivity index (χ1v) is 11.3. The molecule has 0 spiro atoms. The lowest BCUT2D eigenvalue weighted by Crippen LogP contribution is -2.17. The minimum Gasteiger partial charge on any atom is -0.467 e. The van der Waals surface area contributed by atoms with E-state index in [0.29, 0.717) is 6.42 Å². The van der Waals surface area contributed by atoms with Gasteiger partial charge in [-0.15, -0.1) is 22.7 Å².